The Labute approximate surface area is 152 Å². The third-order valence-electron chi connectivity index (χ3n) is 4.52. The first-order chi connectivity index (χ1) is 12.6. The number of ether oxygens (including phenoxy) is 2. The van der Waals surface area contributed by atoms with Gasteiger partial charge in [0.15, 0.2) is 17.2 Å². The van der Waals surface area contributed by atoms with E-state index in [1.165, 1.54) is 25.2 Å². The van der Waals surface area contributed by atoms with Crippen LogP contribution in [0.1, 0.15) is 54.7 Å². The second kappa shape index (κ2) is 8.03. The molecule has 0 aliphatic heterocycles. The van der Waals surface area contributed by atoms with Crippen LogP contribution in [0.5, 0.6) is 11.5 Å². The smallest absolute Gasteiger partial charge is 0.356 e. The molecular weight excluding hydrogens is 334 g/mol. The Morgan fingerprint density at radius 1 is 1.23 bits per heavy atom. The molecule has 1 aromatic carbocycles. The summed E-state index contributed by atoms with van der Waals surface area (Å²) in [5, 5.41) is 12.1. The number of carboxylic acid groups (broad SMARTS) is 1. The van der Waals surface area contributed by atoms with Gasteiger partial charge in [0.25, 0.3) is 0 Å². The number of hydrogen-bond acceptors (Lipinski definition) is 6. The lowest BCUT2D eigenvalue weighted by atomic mass is 10.1. The van der Waals surface area contributed by atoms with Gasteiger partial charge < -0.3 is 19.9 Å². The van der Waals surface area contributed by atoms with Crippen molar-refractivity contribution in [2.45, 2.75) is 44.8 Å². The van der Waals surface area contributed by atoms with Crippen LogP contribution < -0.4 is 14.8 Å². The molecule has 1 fully saturated rings. The molecule has 3 rings (SSSR count). The van der Waals surface area contributed by atoms with Crippen molar-refractivity contribution in [2.75, 3.05) is 12.4 Å². The number of carbonyl (C=O) groups is 1. The summed E-state index contributed by atoms with van der Waals surface area (Å²) >= 11 is 0. The zero-order valence-corrected chi connectivity index (χ0v) is 14.9. The van der Waals surface area contributed by atoms with Crippen LogP contribution in [0.25, 0.3) is 0 Å². The van der Waals surface area contributed by atoms with Crippen LogP contribution >= 0.6 is 0 Å². The monoisotopic (exact) mass is 357 g/mol. The second-order valence-electron chi connectivity index (χ2n) is 6.39. The van der Waals surface area contributed by atoms with Crippen LogP contribution in [-0.4, -0.2) is 34.3 Å². The molecule has 1 aromatic heterocycles. The molecule has 1 aliphatic carbocycles. The Kier molecular flexibility index (Phi) is 5.55. The molecule has 0 amide bonds. The maximum atomic E-state index is 10.8. The summed E-state index contributed by atoms with van der Waals surface area (Å²) in [6.07, 6.45) is 7.53. The average Bonchev–Trinajstić information content (AvgIpc) is 3.15. The standard InChI is InChI=1S/C19H23N3O4/c1-12(22-18-11-20-15(10-21-18)19(23)24)13-7-8-16(17(9-13)25-2)26-14-5-3-4-6-14/h7-12,14H,3-6H2,1-2H3,(H,21,22)(H,23,24). The molecule has 1 aliphatic rings. The summed E-state index contributed by atoms with van der Waals surface area (Å²) in [6.45, 7) is 1.99. The Bertz CT molecular complexity index is 758. The Morgan fingerprint density at radius 3 is 2.62 bits per heavy atom. The third kappa shape index (κ3) is 4.22. The van der Waals surface area contributed by atoms with E-state index in [0.29, 0.717) is 11.6 Å². The summed E-state index contributed by atoms with van der Waals surface area (Å²) < 4.78 is 11.6. The predicted octanol–water partition coefficient (Wildman–Crippen LogP) is 3.68. The van der Waals surface area contributed by atoms with Crippen molar-refractivity contribution in [3.05, 3.63) is 41.9 Å². The highest BCUT2D eigenvalue weighted by atomic mass is 16.5. The molecule has 7 nitrogen and oxygen atoms in total. The lowest BCUT2D eigenvalue weighted by Gasteiger charge is -2.19. The fourth-order valence-electron chi connectivity index (χ4n) is 3.05. The van der Waals surface area contributed by atoms with Gasteiger partial charge in [-0.2, -0.15) is 0 Å². The molecule has 0 radical (unpaired) electrons. The maximum Gasteiger partial charge on any atom is 0.356 e. The molecule has 1 unspecified atom stereocenters. The summed E-state index contributed by atoms with van der Waals surface area (Å²) in [5.74, 6) is 0.878. The van der Waals surface area contributed by atoms with E-state index in [1.54, 1.807) is 7.11 Å². The molecule has 2 aromatic rings. The van der Waals surface area contributed by atoms with Gasteiger partial charge in [-0.3, -0.25) is 0 Å². The number of hydrogen-bond donors (Lipinski definition) is 2. The van der Waals surface area contributed by atoms with Crippen LogP contribution in [-0.2, 0) is 0 Å². The number of aromatic nitrogens is 2. The molecule has 1 atom stereocenters. The fourth-order valence-corrected chi connectivity index (χ4v) is 3.05. The van der Waals surface area contributed by atoms with Crippen LogP contribution in [0.4, 0.5) is 5.82 Å². The van der Waals surface area contributed by atoms with Crippen LogP contribution in [0.2, 0.25) is 0 Å². The fraction of sp³-hybridized carbons (Fsp3) is 0.421. The average molecular weight is 357 g/mol. The van der Waals surface area contributed by atoms with Gasteiger partial charge in [0.1, 0.15) is 5.82 Å². The summed E-state index contributed by atoms with van der Waals surface area (Å²) in [6, 6.07) is 5.81. The number of carboxylic acids is 1. The van der Waals surface area contributed by atoms with Gasteiger partial charge in [-0.05, 0) is 50.3 Å². The number of anilines is 1. The van der Waals surface area contributed by atoms with Gasteiger partial charge in [0.05, 0.1) is 31.6 Å². The van der Waals surface area contributed by atoms with E-state index in [0.717, 1.165) is 24.2 Å². The van der Waals surface area contributed by atoms with Crippen LogP contribution in [0.15, 0.2) is 30.6 Å². The van der Waals surface area contributed by atoms with Crippen molar-refractivity contribution in [2.24, 2.45) is 0 Å². The largest absolute Gasteiger partial charge is 0.493 e. The van der Waals surface area contributed by atoms with E-state index in [2.05, 4.69) is 15.3 Å². The van der Waals surface area contributed by atoms with Crippen molar-refractivity contribution >= 4 is 11.8 Å². The van der Waals surface area contributed by atoms with Gasteiger partial charge in [-0.1, -0.05) is 6.07 Å². The van der Waals surface area contributed by atoms with Gasteiger partial charge in [0, 0.05) is 0 Å². The van der Waals surface area contributed by atoms with Crippen molar-refractivity contribution < 1.29 is 19.4 Å². The molecular formula is C19H23N3O4. The molecule has 0 spiro atoms. The van der Waals surface area contributed by atoms with E-state index in [9.17, 15) is 4.79 Å². The molecule has 2 N–H and O–H groups in total. The van der Waals surface area contributed by atoms with Crippen molar-refractivity contribution in [3.63, 3.8) is 0 Å². The van der Waals surface area contributed by atoms with Gasteiger partial charge in [0.2, 0.25) is 0 Å². The first-order valence-electron chi connectivity index (χ1n) is 8.73. The summed E-state index contributed by atoms with van der Waals surface area (Å²) in [5.41, 5.74) is 0.919. The number of nitrogens with zero attached hydrogens (tertiary/aromatic N) is 2. The normalized spacial score (nSPS) is 15.5. The minimum atomic E-state index is -1.10. The lowest BCUT2D eigenvalue weighted by Crippen LogP contribution is -2.13. The maximum absolute atomic E-state index is 10.8. The first kappa shape index (κ1) is 18.0. The van der Waals surface area contributed by atoms with E-state index in [1.807, 2.05) is 25.1 Å². The molecule has 7 heteroatoms. The predicted molar refractivity (Wildman–Crippen MR) is 96.9 cm³/mol. The lowest BCUT2D eigenvalue weighted by molar-refractivity contribution is 0.0690. The molecule has 0 bridgehead atoms. The Hall–Kier alpha value is -2.83. The summed E-state index contributed by atoms with van der Waals surface area (Å²) in [4.78, 5) is 18.8. The quantitative estimate of drug-likeness (QED) is 0.780. The SMILES string of the molecule is COc1cc(C(C)Nc2cnc(C(=O)O)cn2)ccc1OC1CCCC1. The van der Waals surface area contributed by atoms with E-state index in [4.69, 9.17) is 14.6 Å². The minimum absolute atomic E-state index is 0.0607. The Balaban J connectivity index is 1.70. The number of aromatic carboxylic acids is 1. The van der Waals surface area contributed by atoms with Crippen LogP contribution in [0.3, 0.4) is 0 Å². The van der Waals surface area contributed by atoms with E-state index >= 15 is 0 Å². The molecule has 1 heterocycles. The first-order valence-corrected chi connectivity index (χ1v) is 8.73. The van der Waals surface area contributed by atoms with Crippen molar-refractivity contribution in [3.8, 4) is 11.5 Å². The molecule has 138 valence electrons. The molecule has 0 saturated heterocycles. The summed E-state index contributed by atoms with van der Waals surface area (Å²) in [7, 11) is 1.63. The number of nitrogens with one attached hydrogen (secondary N) is 1. The van der Waals surface area contributed by atoms with E-state index < -0.39 is 5.97 Å². The number of methoxy groups -OCH3 is 1. The van der Waals surface area contributed by atoms with Gasteiger partial charge >= 0.3 is 5.97 Å². The van der Waals surface area contributed by atoms with Crippen LogP contribution in [0, 0.1) is 0 Å². The molecule has 26 heavy (non-hydrogen) atoms. The zero-order valence-electron chi connectivity index (χ0n) is 14.9. The number of rotatable bonds is 7. The highest BCUT2D eigenvalue weighted by Crippen LogP contribution is 2.34. The van der Waals surface area contributed by atoms with Crippen molar-refractivity contribution in [1.82, 2.24) is 9.97 Å². The van der Waals surface area contributed by atoms with E-state index in [-0.39, 0.29) is 17.8 Å². The Morgan fingerprint density at radius 2 is 2.00 bits per heavy atom. The second-order valence-corrected chi connectivity index (χ2v) is 6.39. The number of benzene rings is 1. The van der Waals surface area contributed by atoms with Gasteiger partial charge in [-0.15, -0.1) is 0 Å². The zero-order chi connectivity index (χ0) is 18.5. The minimum Gasteiger partial charge on any atom is -0.493 e. The van der Waals surface area contributed by atoms with Gasteiger partial charge in [-0.25, -0.2) is 14.8 Å². The highest BCUT2D eigenvalue weighted by molar-refractivity contribution is 5.84. The topological polar surface area (TPSA) is 93.6 Å². The molecule has 1 saturated carbocycles. The third-order valence-corrected chi connectivity index (χ3v) is 4.52. The van der Waals surface area contributed by atoms with Crippen molar-refractivity contribution in [1.29, 1.82) is 0 Å². The highest BCUT2D eigenvalue weighted by Gasteiger charge is 2.19.